The van der Waals surface area contributed by atoms with Crippen molar-refractivity contribution in [3.8, 4) is 17.0 Å². The van der Waals surface area contributed by atoms with Crippen molar-refractivity contribution in [2.75, 3.05) is 6.61 Å². The molecule has 0 unspecified atom stereocenters. The molecule has 2 aromatic carbocycles. The number of benzene rings is 2. The second-order valence-electron chi connectivity index (χ2n) is 6.53. The number of carboxylic acids is 1. The Balaban J connectivity index is 2.04. The summed E-state index contributed by atoms with van der Waals surface area (Å²) in [6.07, 6.45) is -2.78. The van der Waals surface area contributed by atoms with E-state index in [9.17, 15) is 23.1 Å². The number of aromatic nitrogens is 1. The van der Waals surface area contributed by atoms with Crippen LogP contribution in [0.4, 0.5) is 13.2 Å². The number of alkyl halides is 3. The van der Waals surface area contributed by atoms with Crippen LogP contribution in [0, 0.1) is 0 Å². The third-order valence-corrected chi connectivity index (χ3v) is 4.47. The average molecular weight is 391 g/mol. The number of rotatable bonds is 7. The second kappa shape index (κ2) is 7.96. The number of aromatic amines is 1. The standard InChI is InChI=1S/C21H20F3NO3/c1-2-3-10-28-15-8-9-18-16(11-15)17(12-19(26)27)20(25-18)13-4-6-14(7-5-13)21(22,23)24/h4-9,11,25H,2-3,10,12H2,1H3,(H,26,27). The van der Waals surface area contributed by atoms with Gasteiger partial charge < -0.3 is 14.8 Å². The fourth-order valence-corrected chi connectivity index (χ4v) is 3.06. The fraction of sp³-hybridized carbons (Fsp3) is 0.286. The Morgan fingerprint density at radius 3 is 2.46 bits per heavy atom. The molecule has 0 aliphatic heterocycles. The molecule has 1 aromatic heterocycles. The molecule has 7 heteroatoms. The number of carboxylic acid groups (broad SMARTS) is 1. The molecule has 3 aromatic rings. The Morgan fingerprint density at radius 1 is 1.14 bits per heavy atom. The van der Waals surface area contributed by atoms with Crippen LogP contribution in [0.3, 0.4) is 0 Å². The zero-order valence-electron chi connectivity index (χ0n) is 15.3. The van der Waals surface area contributed by atoms with Crippen molar-refractivity contribution in [1.29, 1.82) is 0 Å². The Morgan fingerprint density at radius 2 is 1.86 bits per heavy atom. The maximum Gasteiger partial charge on any atom is 0.416 e. The van der Waals surface area contributed by atoms with Crippen molar-refractivity contribution in [2.45, 2.75) is 32.4 Å². The van der Waals surface area contributed by atoms with Crippen LogP contribution in [-0.2, 0) is 17.4 Å². The van der Waals surface area contributed by atoms with Gasteiger partial charge in [0, 0.05) is 10.9 Å². The summed E-state index contributed by atoms with van der Waals surface area (Å²) < 4.78 is 44.1. The van der Waals surface area contributed by atoms with Crippen LogP contribution in [0.5, 0.6) is 5.75 Å². The normalized spacial score (nSPS) is 11.7. The molecule has 4 nitrogen and oxygen atoms in total. The summed E-state index contributed by atoms with van der Waals surface area (Å²) in [5.74, 6) is -0.392. The Labute approximate surface area is 159 Å². The lowest BCUT2D eigenvalue weighted by Gasteiger charge is -2.08. The first-order chi connectivity index (χ1) is 13.3. The van der Waals surface area contributed by atoms with Crippen molar-refractivity contribution in [1.82, 2.24) is 4.98 Å². The van der Waals surface area contributed by atoms with Crippen LogP contribution < -0.4 is 4.74 Å². The third-order valence-electron chi connectivity index (χ3n) is 4.47. The fourth-order valence-electron chi connectivity index (χ4n) is 3.06. The highest BCUT2D eigenvalue weighted by Crippen LogP contribution is 2.35. The smallest absolute Gasteiger partial charge is 0.416 e. The first-order valence-electron chi connectivity index (χ1n) is 8.96. The number of fused-ring (bicyclic) bond motifs is 1. The van der Waals surface area contributed by atoms with Crippen molar-refractivity contribution in [3.05, 3.63) is 53.6 Å². The molecule has 3 rings (SSSR count). The van der Waals surface area contributed by atoms with Gasteiger partial charge in [0.05, 0.1) is 24.3 Å². The van der Waals surface area contributed by atoms with Gasteiger partial charge in [-0.05, 0) is 47.9 Å². The molecule has 148 valence electrons. The lowest BCUT2D eigenvalue weighted by atomic mass is 10.0. The number of halogens is 3. The van der Waals surface area contributed by atoms with Gasteiger partial charge in [0.15, 0.2) is 0 Å². The van der Waals surface area contributed by atoms with Crippen LogP contribution in [0.2, 0.25) is 0 Å². The van der Waals surface area contributed by atoms with E-state index in [0.717, 1.165) is 25.0 Å². The summed E-state index contributed by atoms with van der Waals surface area (Å²) in [6.45, 7) is 2.62. The number of aliphatic carboxylic acids is 1. The molecule has 28 heavy (non-hydrogen) atoms. The number of carbonyl (C=O) groups is 1. The molecule has 0 saturated heterocycles. The monoisotopic (exact) mass is 391 g/mol. The van der Waals surface area contributed by atoms with Gasteiger partial charge in [0.1, 0.15) is 5.75 Å². The Bertz CT molecular complexity index is 975. The Kier molecular flexibility index (Phi) is 5.63. The maximum absolute atomic E-state index is 12.8. The molecule has 0 fully saturated rings. The molecule has 2 N–H and O–H groups in total. The molecule has 0 radical (unpaired) electrons. The van der Waals surface area contributed by atoms with E-state index in [4.69, 9.17) is 4.74 Å². The summed E-state index contributed by atoms with van der Waals surface area (Å²) in [7, 11) is 0. The molecule has 0 atom stereocenters. The number of nitrogens with one attached hydrogen (secondary N) is 1. The molecular weight excluding hydrogens is 371 g/mol. The van der Waals surface area contributed by atoms with Gasteiger partial charge in [-0.1, -0.05) is 25.5 Å². The predicted octanol–water partition coefficient (Wildman–Crippen LogP) is 5.66. The minimum absolute atomic E-state index is 0.255. The third kappa shape index (κ3) is 4.30. The van der Waals surface area contributed by atoms with Crippen LogP contribution in [0.1, 0.15) is 30.9 Å². The molecule has 0 spiro atoms. The van der Waals surface area contributed by atoms with Gasteiger partial charge in [0.2, 0.25) is 0 Å². The number of unbranched alkanes of at least 4 members (excludes halogenated alkanes) is 1. The summed E-state index contributed by atoms with van der Waals surface area (Å²) in [5.41, 5.74) is 1.46. The van der Waals surface area contributed by atoms with E-state index in [1.54, 1.807) is 18.2 Å². The maximum atomic E-state index is 12.8. The minimum Gasteiger partial charge on any atom is -0.494 e. The second-order valence-corrected chi connectivity index (χ2v) is 6.53. The number of hydrogen-bond donors (Lipinski definition) is 2. The molecule has 1 heterocycles. The summed E-state index contributed by atoms with van der Waals surface area (Å²) in [5, 5.41) is 10.0. The summed E-state index contributed by atoms with van der Waals surface area (Å²) in [4.78, 5) is 14.5. The quantitative estimate of drug-likeness (QED) is 0.511. The molecule has 0 aliphatic carbocycles. The van der Waals surface area contributed by atoms with Crippen LogP contribution >= 0.6 is 0 Å². The van der Waals surface area contributed by atoms with Crippen LogP contribution in [0.25, 0.3) is 22.2 Å². The highest BCUT2D eigenvalue weighted by atomic mass is 19.4. The Hall–Kier alpha value is -2.96. The molecular formula is C21H20F3NO3. The number of hydrogen-bond acceptors (Lipinski definition) is 2. The zero-order chi connectivity index (χ0) is 20.3. The molecule has 0 amide bonds. The molecule has 0 saturated carbocycles. The number of H-pyrrole nitrogens is 1. The van der Waals surface area contributed by atoms with Gasteiger partial charge in [-0.3, -0.25) is 4.79 Å². The van der Waals surface area contributed by atoms with E-state index < -0.39 is 17.7 Å². The van der Waals surface area contributed by atoms with Crippen LogP contribution in [-0.4, -0.2) is 22.7 Å². The average Bonchev–Trinajstić information content (AvgIpc) is 2.99. The van der Waals surface area contributed by atoms with Gasteiger partial charge in [-0.15, -0.1) is 0 Å². The van der Waals surface area contributed by atoms with E-state index in [2.05, 4.69) is 11.9 Å². The summed E-state index contributed by atoms with van der Waals surface area (Å²) >= 11 is 0. The van der Waals surface area contributed by atoms with E-state index in [-0.39, 0.29) is 6.42 Å². The van der Waals surface area contributed by atoms with Crippen molar-refractivity contribution < 1.29 is 27.8 Å². The van der Waals surface area contributed by atoms with E-state index in [1.165, 1.54) is 12.1 Å². The highest BCUT2D eigenvalue weighted by Gasteiger charge is 2.30. The van der Waals surface area contributed by atoms with Gasteiger partial charge in [-0.2, -0.15) is 13.2 Å². The molecule has 0 bridgehead atoms. The van der Waals surface area contributed by atoms with Crippen molar-refractivity contribution in [2.24, 2.45) is 0 Å². The topological polar surface area (TPSA) is 62.3 Å². The van der Waals surface area contributed by atoms with Gasteiger partial charge in [-0.25, -0.2) is 0 Å². The zero-order valence-corrected chi connectivity index (χ0v) is 15.3. The minimum atomic E-state index is -4.42. The first kappa shape index (κ1) is 19.8. The van der Waals surface area contributed by atoms with E-state index in [1.807, 2.05) is 0 Å². The van der Waals surface area contributed by atoms with Crippen molar-refractivity contribution in [3.63, 3.8) is 0 Å². The van der Waals surface area contributed by atoms with Gasteiger partial charge in [0.25, 0.3) is 0 Å². The molecule has 0 aliphatic rings. The van der Waals surface area contributed by atoms with E-state index in [0.29, 0.717) is 40.1 Å². The predicted molar refractivity (Wildman–Crippen MR) is 100 cm³/mol. The van der Waals surface area contributed by atoms with Crippen molar-refractivity contribution >= 4 is 16.9 Å². The van der Waals surface area contributed by atoms with E-state index >= 15 is 0 Å². The number of ether oxygens (including phenoxy) is 1. The largest absolute Gasteiger partial charge is 0.494 e. The summed E-state index contributed by atoms with van der Waals surface area (Å²) in [6, 6.07) is 10.0. The van der Waals surface area contributed by atoms with Crippen LogP contribution in [0.15, 0.2) is 42.5 Å². The SMILES string of the molecule is CCCCOc1ccc2[nH]c(-c3ccc(C(F)(F)F)cc3)c(CC(=O)O)c2c1. The lowest BCUT2D eigenvalue weighted by molar-refractivity contribution is -0.138. The first-order valence-corrected chi connectivity index (χ1v) is 8.96. The lowest BCUT2D eigenvalue weighted by Crippen LogP contribution is -2.04. The highest BCUT2D eigenvalue weighted by molar-refractivity contribution is 5.94. The van der Waals surface area contributed by atoms with Gasteiger partial charge >= 0.3 is 12.1 Å².